The van der Waals surface area contributed by atoms with Crippen molar-refractivity contribution in [1.29, 1.82) is 0 Å². The molecule has 0 atom stereocenters. The summed E-state index contributed by atoms with van der Waals surface area (Å²) in [6.07, 6.45) is 5.72. The average molecular weight is 334 g/mol. The second kappa shape index (κ2) is 6.77. The molecule has 1 aliphatic rings. The predicted molar refractivity (Wildman–Crippen MR) is 82.6 cm³/mol. The van der Waals surface area contributed by atoms with Gasteiger partial charge in [-0.1, -0.05) is 6.08 Å². The molecule has 0 unspecified atom stereocenters. The topological polar surface area (TPSA) is 60.2 Å². The minimum atomic E-state index is -2.93. The van der Waals surface area contributed by atoms with E-state index in [-0.39, 0.29) is 11.8 Å². The molecule has 126 valence electrons. The molecule has 0 bridgehead atoms. The van der Waals surface area contributed by atoms with Gasteiger partial charge < -0.3 is 9.64 Å². The Morgan fingerprint density at radius 3 is 2.71 bits per heavy atom. The summed E-state index contributed by atoms with van der Waals surface area (Å²) in [5, 5.41) is 4.14. The van der Waals surface area contributed by atoms with Gasteiger partial charge in [0.1, 0.15) is 0 Å². The van der Waals surface area contributed by atoms with Crippen molar-refractivity contribution in [3.63, 3.8) is 0 Å². The monoisotopic (exact) mass is 334 g/mol. The molecule has 0 saturated heterocycles. The van der Waals surface area contributed by atoms with Crippen LogP contribution in [0.2, 0.25) is 0 Å². The van der Waals surface area contributed by atoms with E-state index in [4.69, 9.17) is 0 Å². The van der Waals surface area contributed by atoms with Gasteiger partial charge >= 0.3 is 6.61 Å². The van der Waals surface area contributed by atoms with E-state index in [0.717, 1.165) is 17.7 Å². The molecule has 1 amide bonds. The Kier molecular flexibility index (Phi) is 4.54. The average Bonchev–Trinajstić information content (AvgIpc) is 3.00. The Labute approximate surface area is 137 Å². The van der Waals surface area contributed by atoms with Crippen molar-refractivity contribution in [2.45, 2.75) is 13.0 Å². The van der Waals surface area contributed by atoms with Crippen molar-refractivity contribution in [3.8, 4) is 5.88 Å². The first-order valence-electron chi connectivity index (χ1n) is 7.42. The fourth-order valence-electron chi connectivity index (χ4n) is 2.63. The number of carbonyl (C=O) groups is 1. The van der Waals surface area contributed by atoms with Crippen LogP contribution in [0.3, 0.4) is 0 Å². The van der Waals surface area contributed by atoms with Crippen molar-refractivity contribution in [1.82, 2.24) is 19.7 Å². The lowest BCUT2D eigenvalue weighted by Crippen LogP contribution is -2.34. The van der Waals surface area contributed by atoms with Gasteiger partial charge in [-0.15, -0.1) is 0 Å². The molecule has 3 rings (SSSR count). The van der Waals surface area contributed by atoms with E-state index in [1.807, 2.05) is 19.2 Å². The first-order valence-corrected chi connectivity index (χ1v) is 7.42. The van der Waals surface area contributed by atoms with Crippen LogP contribution in [0.5, 0.6) is 5.88 Å². The molecule has 6 nitrogen and oxygen atoms in total. The van der Waals surface area contributed by atoms with E-state index in [1.54, 1.807) is 15.8 Å². The van der Waals surface area contributed by atoms with Crippen LogP contribution in [0.15, 0.2) is 36.7 Å². The SMILES string of the molecule is Cn1nccc1C1=CCN(C(=O)c2ccc(OC(F)F)nc2)CC1. The summed E-state index contributed by atoms with van der Waals surface area (Å²) in [6.45, 7) is -1.88. The summed E-state index contributed by atoms with van der Waals surface area (Å²) in [5.41, 5.74) is 2.53. The van der Waals surface area contributed by atoms with E-state index in [2.05, 4.69) is 14.8 Å². The Morgan fingerprint density at radius 2 is 2.17 bits per heavy atom. The van der Waals surface area contributed by atoms with Crippen LogP contribution in [0, 0.1) is 0 Å². The lowest BCUT2D eigenvalue weighted by Gasteiger charge is -2.26. The highest BCUT2D eigenvalue weighted by Gasteiger charge is 2.20. The third-order valence-electron chi connectivity index (χ3n) is 3.84. The minimum absolute atomic E-state index is 0.189. The molecule has 0 spiro atoms. The number of aromatic nitrogens is 3. The second-order valence-electron chi connectivity index (χ2n) is 5.33. The van der Waals surface area contributed by atoms with Gasteiger partial charge in [0.25, 0.3) is 5.91 Å². The first-order chi connectivity index (χ1) is 11.5. The van der Waals surface area contributed by atoms with Gasteiger partial charge in [0.05, 0.1) is 11.3 Å². The Bertz CT molecular complexity index is 756. The first kappa shape index (κ1) is 16.1. The molecule has 0 aromatic carbocycles. The Balaban J connectivity index is 1.66. The van der Waals surface area contributed by atoms with Gasteiger partial charge in [-0.3, -0.25) is 9.48 Å². The molecular weight excluding hydrogens is 318 g/mol. The molecule has 0 fully saturated rings. The Morgan fingerprint density at radius 1 is 1.33 bits per heavy atom. The highest BCUT2D eigenvalue weighted by Crippen LogP contribution is 2.22. The third-order valence-corrected chi connectivity index (χ3v) is 3.84. The van der Waals surface area contributed by atoms with Crippen LogP contribution < -0.4 is 4.74 Å². The molecule has 0 aliphatic carbocycles. The van der Waals surface area contributed by atoms with Gasteiger partial charge in [0.15, 0.2) is 0 Å². The second-order valence-corrected chi connectivity index (χ2v) is 5.33. The number of rotatable bonds is 4. The van der Waals surface area contributed by atoms with Crippen molar-refractivity contribution in [2.75, 3.05) is 13.1 Å². The summed E-state index contributed by atoms with van der Waals surface area (Å²) < 4.78 is 30.2. The van der Waals surface area contributed by atoms with Crippen LogP contribution >= 0.6 is 0 Å². The van der Waals surface area contributed by atoms with Crippen molar-refractivity contribution in [3.05, 3.63) is 47.9 Å². The summed E-state index contributed by atoms with van der Waals surface area (Å²) in [6, 6.07) is 4.64. The summed E-state index contributed by atoms with van der Waals surface area (Å²) >= 11 is 0. The molecule has 8 heteroatoms. The van der Waals surface area contributed by atoms with Gasteiger partial charge in [-0.05, 0) is 24.1 Å². The number of amides is 1. The van der Waals surface area contributed by atoms with Gasteiger partial charge in [0.2, 0.25) is 5.88 Å². The van der Waals surface area contributed by atoms with E-state index in [0.29, 0.717) is 18.7 Å². The summed E-state index contributed by atoms with van der Waals surface area (Å²) in [5.74, 6) is -0.398. The third kappa shape index (κ3) is 3.42. The van der Waals surface area contributed by atoms with E-state index < -0.39 is 6.61 Å². The fraction of sp³-hybridized carbons (Fsp3) is 0.312. The zero-order valence-corrected chi connectivity index (χ0v) is 13.0. The predicted octanol–water partition coefficient (Wildman–Crippen LogP) is 2.35. The summed E-state index contributed by atoms with van der Waals surface area (Å²) in [4.78, 5) is 17.9. The number of ether oxygens (including phenoxy) is 1. The molecule has 24 heavy (non-hydrogen) atoms. The van der Waals surface area contributed by atoms with Crippen molar-refractivity contribution < 1.29 is 18.3 Å². The number of aryl methyl sites for hydroxylation is 1. The molecule has 0 radical (unpaired) electrons. The standard InChI is InChI=1S/C16H16F2N4O2/c1-21-13(4-7-20-21)11-5-8-22(9-6-11)15(23)12-2-3-14(19-10-12)24-16(17)18/h2-5,7,10,16H,6,8-9H2,1H3. The van der Waals surface area contributed by atoms with E-state index in [1.165, 1.54) is 18.3 Å². The zero-order chi connectivity index (χ0) is 17.1. The maximum absolute atomic E-state index is 12.4. The number of nitrogens with zero attached hydrogens (tertiary/aromatic N) is 4. The highest BCUT2D eigenvalue weighted by molar-refractivity contribution is 5.94. The normalized spacial score (nSPS) is 14.7. The molecular formula is C16H16F2N4O2. The number of carbonyl (C=O) groups excluding carboxylic acids is 1. The van der Waals surface area contributed by atoms with Crippen LogP contribution in [-0.2, 0) is 7.05 Å². The van der Waals surface area contributed by atoms with Gasteiger partial charge in [-0.25, -0.2) is 4.98 Å². The number of halogens is 2. The van der Waals surface area contributed by atoms with Crippen LogP contribution in [0.1, 0.15) is 22.5 Å². The minimum Gasteiger partial charge on any atom is -0.417 e. The van der Waals surface area contributed by atoms with Crippen molar-refractivity contribution >= 4 is 11.5 Å². The van der Waals surface area contributed by atoms with Crippen LogP contribution in [0.4, 0.5) is 8.78 Å². The summed E-state index contributed by atoms with van der Waals surface area (Å²) in [7, 11) is 1.88. The van der Waals surface area contributed by atoms with Crippen molar-refractivity contribution in [2.24, 2.45) is 7.05 Å². The zero-order valence-electron chi connectivity index (χ0n) is 13.0. The number of hydrogen-bond donors (Lipinski definition) is 0. The molecule has 3 heterocycles. The lowest BCUT2D eigenvalue weighted by molar-refractivity contribution is -0.0528. The van der Waals surface area contributed by atoms with Crippen LogP contribution in [-0.4, -0.2) is 45.3 Å². The molecule has 2 aromatic rings. The molecule has 2 aromatic heterocycles. The highest BCUT2D eigenvalue weighted by atomic mass is 19.3. The number of alkyl halides is 2. The molecule has 1 aliphatic heterocycles. The molecule has 0 N–H and O–H groups in total. The largest absolute Gasteiger partial charge is 0.417 e. The fourth-order valence-corrected chi connectivity index (χ4v) is 2.63. The van der Waals surface area contributed by atoms with E-state index >= 15 is 0 Å². The quantitative estimate of drug-likeness (QED) is 0.861. The van der Waals surface area contributed by atoms with Gasteiger partial charge in [-0.2, -0.15) is 13.9 Å². The maximum Gasteiger partial charge on any atom is 0.388 e. The van der Waals surface area contributed by atoms with E-state index in [9.17, 15) is 13.6 Å². The maximum atomic E-state index is 12.4. The van der Waals surface area contributed by atoms with Gasteiger partial charge in [0, 0.05) is 38.6 Å². The molecule has 0 saturated carbocycles. The number of hydrogen-bond acceptors (Lipinski definition) is 4. The smallest absolute Gasteiger partial charge is 0.388 e. The lowest BCUT2D eigenvalue weighted by atomic mass is 10.0. The number of pyridine rings is 1. The Hall–Kier alpha value is -2.77. The van der Waals surface area contributed by atoms with Crippen LogP contribution in [0.25, 0.3) is 5.57 Å².